The molecule has 1 rings (SSSR count). The lowest BCUT2D eigenvalue weighted by Crippen LogP contribution is -2.48. The summed E-state index contributed by atoms with van der Waals surface area (Å²) in [5.41, 5.74) is -0.800. The number of rotatable bonds is 7. The summed E-state index contributed by atoms with van der Waals surface area (Å²) in [4.78, 5) is 13.6. The second kappa shape index (κ2) is 7.22. The Balaban J connectivity index is 2.25. The Morgan fingerprint density at radius 2 is 1.95 bits per heavy atom. The lowest BCUT2D eigenvalue weighted by Gasteiger charge is -2.35. The molecule has 5 nitrogen and oxygen atoms in total. The fraction of sp³-hybridized carbons (Fsp3) is 0.929. The highest BCUT2D eigenvalue weighted by Crippen LogP contribution is 2.16. The summed E-state index contributed by atoms with van der Waals surface area (Å²) < 4.78 is 5.70. The summed E-state index contributed by atoms with van der Waals surface area (Å²) in [7, 11) is 1.71. The Kier molecular flexibility index (Phi) is 6.23. The number of likely N-dealkylation sites (N-methyl/N-ethyl adjacent to an activating group) is 1. The summed E-state index contributed by atoms with van der Waals surface area (Å²) in [6.45, 7) is 8.93. The molecule has 1 aliphatic rings. The first-order chi connectivity index (χ1) is 8.87. The van der Waals surface area contributed by atoms with Crippen LogP contribution in [0.2, 0.25) is 0 Å². The number of carboxylic acids is 1. The molecule has 3 atom stereocenters. The first-order valence-electron chi connectivity index (χ1n) is 7.17. The Hall–Kier alpha value is -0.650. The highest BCUT2D eigenvalue weighted by Gasteiger charge is 2.30. The summed E-state index contributed by atoms with van der Waals surface area (Å²) in [6, 6.07) is 0. The van der Waals surface area contributed by atoms with Crippen LogP contribution in [0.4, 0.5) is 0 Å². The van der Waals surface area contributed by atoms with Crippen molar-refractivity contribution >= 4 is 5.97 Å². The number of nitrogens with zero attached hydrogens (tertiary/aromatic N) is 1. The standard InChI is InChI=1S/C14H28N2O3/c1-11-9-16(10-12(2)19-11)8-6-5-7-14(3,15-4)13(17)18/h11-12,15H,5-10H2,1-4H3,(H,17,18). The van der Waals surface area contributed by atoms with Crippen molar-refractivity contribution in [3.8, 4) is 0 Å². The van der Waals surface area contributed by atoms with E-state index in [2.05, 4.69) is 24.1 Å². The van der Waals surface area contributed by atoms with Crippen LogP contribution in [-0.2, 0) is 9.53 Å². The summed E-state index contributed by atoms with van der Waals surface area (Å²) in [6.07, 6.45) is 3.21. The predicted octanol–water partition coefficient (Wildman–Crippen LogP) is 1.33. The van der Waals surface area contributed by atoms with Crippen LogP contribution in [0.1, 0.15) is 40.0 Å². The molecule has 19 heavy (non-hydrogen) atoms. The number of carboxylic acid groups (broad SMARTS) is 1. The SMILES string of the molecule is CNC(C)(CCCCN1CC(C)OC(C)C1)C(=O)O. The second-order valence-electron chi connectivity index (χ2n) is 5.86. The van der Waals surface area contributed by atoms with Crippen LogP contribution in [0.15, 0.2) is 0 Å². The van der Waals surface area contributed by atoms with E-state index < -0.39 is 11.5 Å². The van der Waals surface area contributed by atoms with Gasteiger partial charge in [-0.2, -0.15) is 0 Å². The molecule has 0 bridgehead atoms. The number of unbranched alkanes of at least 4 members (excludes halogenated alkanes) is 1. The van der Waals surface area contributed by atoms with Gasteiger partial charge in [0.2, 0.25) is 0 Å². The summed E-state index contributed by atoms with van der Waals surface area (Å²) >= 11 is 0. The van der Waals surface area contributed by atoms with E-state index in [0.717, 1.165) is 32.5 Å². The van der Waals surface area contributed by atoms with Crippen molar-refractivity contribution in [1.82, 2.24) is 10.2 Å². The van der Waals surface area contributed by atoms with Gasteiger partial charge in [-0.1, -0.05) is 0 Å². The van der Waals surface area contributed by atoms with Gasteiger partial charge >= 0.3 is 5.97 Å². The predicted molar refractivity (Wildman–Crippen MR) is 75.4 cm³/mol. The first kappa shape index (κ1) is 16.4. The van der Waals surface area contributed by atoms with E-state index >= 15 is 0 Å². The van der Waals surface area contributed by atoms with Gasteiger partial charge in [0.25, 0.3) is 0 Å². The minimum Gasteiger partial charge on any atom is -0.480 e. The molecule has 1 fully saturated rings. The lowest BCUT2D eigenvalue weighted by atomic mass is 9.95. The molecule has 5 heteroatoms. The monoisotopic (exact) mass is 272 g/mol. The molecule has 0 radical (unpaired) electrons. The van der Waals surface area contributed by atoms with E-state index in [1.165, 1.54) is 0 Å². The third-order valence-corrected chi connectivity index (χ3v) is 3.92. The van der Waals surface area contributed by atoms with E-state index in [1.807, 2.05) is 0 Å². The maximum Gasteiger partial charge on any atom is 0.323 e. The molecule has 0 aromatic heterocycles. The van der Waals surface area contributed by atoms with Gasteiger partial charge in [0, 0.05) is 13.1 Å². The number of aliphatic carboxylic acids is 1. The van der Waals surface area contributed by atoms with Crippen LogP contribution in [-0.4, -0.2) is 60.4 Å². The number of carbonyl (C=O) groups is 1. The molecule has 0 spiro atoms. The minimum atomic E-state index is -0.800. The topological polar surface area (TPSA) is 61.8 Å². The molecule has 3 unspecified atom stereocenters. The average Bonchev–Trinajstić information content (AvgIpc) is 2.33. The van der Waals surface area contributed by atoms with Gasteiger partial charge in [0.15, 0.2) is 0 Å². The Bertz CT molecular complexity index is 288. The highest BCUT2D eigenvalue weighted by molar-refractivity contribution is 5.78. The van der Waals surface area contributed by atoms with Gasteiger partial charge < -0.3 is 15.2 Å². The van der Waals surface area contributed by atoms with Crippen molar-refractivity contribution in [2.45, 2.75) is 57.8 Å². The molecule has 0 saturated carbocycles. The largest absolute Gasteiger partial charge is 0.480 e. The minimum absolute atomic E-state index is 0.297. The molecule has 0 aromatic rings. The fourth-order valence-corrected chi connectivity index (χ4v) is 2.62. The Morgan fingerprint density at radius 1 is 1.37 bits per heavy atom. The summed E-state index contributed by atoms with van der Waals surface area (Å²) in [5, 5.41) is 12.1. The maximum atomic E-state index is 11.1. The van der Waals surface area contributed by atoms with E-state index in [-0.39, 0.29) is 0 Å². The third-order valence-electron chi connectivity index (χ3n) is 3.92. The number of nitrogens with one attached hydrogen (secondary N) is 1. The molecule has 1 saturated heterocycles. The van der Waals surface area contributed by atoms with Crippen molar-refractivity contribution in [2.75, 3.05) is 26.7 Å². The van der Waals surface area contributed by atoms with Gasteiger partial charge in [-0.15, -0.1) is 0 Å². The van der Waals surface area contributed by atoms with E-state index in [9.17, 15) is 4.79 Å². The fourth-order valence-electron chi connectivity index (χ4n) is 2.62. The molecule has 0 aliphatic carbocycles. The number of hydrogen-bond donors (Lipinski definition) is 2. The van der Waals surface area contributed by atoms with Crippen molar-refractivity contribution < 1.29 is 14.6 Å². The van der Waals surface area contributed by atoms with Crippen LogP contribution in [0, 0.1) is 0 Å². The van der Waals surface area contributed by atoms with Crippen LogP contribution in [0.5, 0.6) is 0 Å². The van der Waals surface area contributed by atoms with E-state index in [1.54, 1.807) is 14.0 Å². The van der Waals surface area contributed by atoms with Crippen molar-refractivity contribution in [1.29, 1.82) is 0 Å². The highest BCUT2D eigenvalue weighted by atomic mass is 16.5. The van der Waals surface area contributed by atoms with Gasteiger partial charge in [0.05, 0.1) is 12.2 Å². The summed E-state index contributed by atoms with van der Waals surface area (Å²) in [5.74, 6) is -0.774. The zero-order valence-electron chi connectivity index (χ0n) is 12.6. The van der Waals surface area contributed by atoms with Gasteiger partial charge in [-0.05, 0) is 53.6 Å². The normalized spacial score (nSPS) is 28.0. The van der Waals surface area contributed by atoms with Gasteiger partial charge in [-0.3, -0.25) is 9.69 Å². The van der Waals surface area contributed by atoms with Crippen LogP contribution >= 0.6 is 0 Å². The molecule has 1 heterocycles. The Labute approximate surface area is 116 Å². The first-order valence-corrected chi connectivity index (χ1v) is 7.17. The van der Waals surface area contributed by atoms with Crippen molar-refractivity contribution in [3.05, 3.63) is 0 Å². The molecular formula is C14H28N2O3. The molecule has 0 amide bonds. The second-order valence-corrected chi connectivity index (χ2v) is 5.86. The van der Waals surface area contributed by atoms with E-state index in [0.29, 0.717) is 18.6 Å². The number of morpholine rings is 1. The third kappa shape index (κ3) is 5.09. The molecule has 2 N–H and O–H groups in total. The zero-order chi connectivity index (χ0) is 14.5. The van der Waals surface area contributed by atoms with Crippen molar-refractivity contribution in [3.63, 3.8) is 0 Å². The number of hydrogen-bond acceptors (Lipinski definition) is 4. The molecule has 112 valence electrons. The quantitative estimate of drug-likeness (QED) is 0.685. The van der Waals surface area contributed by atoms with E-state index in [4.69, 9.17) is 9.84 Å². The van der Waals surface area contributed by atoms with Crippen molar-refractivity contribution in [2.24, 2.45) is 0 Å². The Morgan fingerprint density at radius 3 is 2.42 bits per heavy atom. The van der Waals surface area contributed by atoms with Crippen LogP contribution < -0.4 is 5.32 Å². The molecular weight excluding hydrogens is 244 g/mol. The lowest BCUT2D eigenvalue weighted by molar-refractivity contribution is -0.144. The van der Waals surface area contributed by atoms with Gasteiger partial charge in [0.1, 0.15) is 5.54 Å². The zero-order valence-corrected chi connectivity index (χ0v) is 12.6. The van der Waals surface area contributed by atoms with Crippen LogP contribution in [0.25, 0.3) is 0 Å². The smallest absolute Gasteiger partial charge is 0.323 e. The maximum absolute atomic E-state index is 11.1. The number of ether oxygens (including phenoxy) is 1. The average molecular weight is 272 g/mol. The van der Waals surface area contributed by atoms with Gasteiger partial charge in [-0.25, -0.2) is 0 Å². The van der Waals surface area contributed by atoms with Crippen LogP contribution in [0.3, 0.4) is 0 Å². The molecule has 1 aliphatic heterocycles. The molecule has 0 aromatic carbocycles.